The third-order valence-electron chi connectivity index (χ3n) is 4.59. The number of benzene rings is 3. The normalized spacial score (nSPS) is 11.0. The summed E-state index contributed by atoms with van der Waals surface area (Å²) in [5.74, 6) is 2.70. The molecule has 1 amide bonds. The van der Waals surface area contributed by atoms with Gasteiger partial charge in [0.15, 0.2) is 17.1 Å². The molecule has 0 fully saturated rings. The zero-order valence-electron chi connectivity index (χ0n) is 17.0. The fourth-order valence-electron chi connectivity index (χ4n) is 3.04. The monoisotopic (exact) mass is 414 g/mol. The molecule has 0 saturated carbocycles. The Labute approximate surface area is 181 Å². The van der Waals surface area contributed by atoms with E-state index in [1.165, 1.54) is 13.3 Å². The van der Waals surface area contributed by atoms with Crippen LogP contribution in [0, 0.1) is 12.3 Å². The van der Waals surface area contributed by atoms with Gasteiger partial charge in [-0.2, -0.15) is 5.10 Å². The van der Waals surface area contributed by atoms with Crippen molar-refractivity contribution >= 4 is 12.1 Å². The number of amides is 1. The van der Waals surface area contributed by atoms with Gasteiger partial charge in [0.05, 0.1) is 13.3 Å². The van der Waals surface area contributed by atoms with E-state index in [1.807, 2.05) is 12.1 Å². The summed E-state index contributed by atoms with van der Waals surface area (Å²) in [6.45, 7) is 0.122. The van der Waals surface area contributed by atoms with Crippen molar-refractivity contribution in [2.45, 2.75) is 5.60 Å². The van der Waals surface area contributed by atoms with Crippen molar-refractivity contribution in [3.8, 4) is 23.8 Å². The van der Waals surface area contributed by atoms with E-state index in [2.05, 4.69) is 16.4 Å². The molecule has 31 heavy (non-hydrogen) atoms. The van der Waals surface area contributed by atoms with Crippen molar-refractivity contribution in [2.24, 2.45) is 5.10 Å². The minimum absolute atomic E-state index is 0.122. The summed E-state index contributed by atoms with van der Waals surface area (Å²) < 4.78 is 10.7. The maximum absolute atomic E-state index is 13.0. The summed E-state index contributed by atoms with van der Waals surface area (Å²) in [5.41, 5.74) is 2.07. The Balaban J connectivity index is 1.82. The molecule has 0 saturated heterocycles. The number of terminal acetylenes is 1. The number of aliphatic hydroxyl groups is 1. The number of ether oxygens (including phenoxy) is 2. The van der Waals surface area contributed by atoms with E-state index in [4.69, 9.17) is 15.9 Å². The molecule has 0 atom stereocenters. The highest BCUT2D eigenvalue weighted by atomic mass is 16.5. The zero-order chi connectivity index (χ0) is 22.1. The van der Waals surface area contributed by atoms with Crippen LogP contribution < -0.4 is 14.9 Å². The van der Waals surface area contributed by atoms with Gasteiger partial charge in [-0.15, -0.1) is 6.42 Å². The molecule has 156 valence electrons. The molecule has 0 aromatic heterocycles. The Morgan fingerprint density at radius 2 is 1.68 bits per heavy atom. The highest BCUT2D eigenvalue weighted by Gasteiger charge is 2.39. The number of rotatable bonds is 8. The summed E-state index contributed by atoms with van der Waals surface area (Å²) in [6.07, 6.45) is 6.66. The third kappa shape index (κ3) is 4.92. The van der Waals surface area contributed by atoms with Crippen molar-refractivity contribution in [3.63, 3.8) is 0 Å². The fraction of sp³-hybridized carbons (Fsp3) is 0.120. The van der Waals surface area contributed by atoms with Crippen molar-refractivity contribution in [1.29, 1.82) is 0 Å². The molecule has 0 aliphatic carbocycles. The number of carbonyl (C=O) groups is 1. The second-order valence-corrected chi connectivity index (χ2v) is 6.54. The zero-order valence-corrected chi connectivity index (χ0v) is 17.0. The van der Waals surface area contributed by atoms with E-state index < -0.39 is 11.5 Å². The molecule has 0 unspecified atom stereocenters. The molecule has 0 aliphatic rings. The number of methoxy groups -OCH3 is 1. The van der Waals surface area contributed by atoms with Crippen LogP contribution in [-0.4, -0.2) is 30.9 Å². The standard InChI is InChI=1S/C25H22N2O4/c1-3-16-31-22-15-14-19(17-23(22)30-2)18-26-27-24(28)25(29,20-10-6-4-7-11-20)21-12-8-5-9-13-21/h1,4-15,17-18,29H,16H2,2H3,(H,27,28)/b26-18+. The predicted octanol–water partition coefficient (Wildman–Crippen LogP) is 3.09. The molecule has 0 heterocycles. The van der Waals surface area contributed by atoms with Gasteiger partial charge in [-0.25, -0.2) is 5.43 Å². The number of hydrogen-bond donors (Lipinski definition) is 2. The largest absolute Gasteiger partial charge is 0.493 e. The van der Waals surface area contributed by atoms with Gasteiger partial charge in [-0.3, -0.25) is 4.79 Å². The number of nitrogens with zero attached hydrogens (tertiary/aromatic N) is 1. The summed E-state index contributed by atoms with van der Waals surface area (Å²) >= 11 is 0. The molecule has 0 spiro atoms. The van der Waals surface area contributed by atoms with Crippen molar-refractivity contribution in [2.75, 3.05) is 13.7 Å². The lowest BCUT2D eigenvalue weighted by Crippen LogP contribution is -2.43. The highest BCUT2D eigenvalue weighted by molar-refractivity contribution is 5.91. The van der Waals surface area contributed by atoms with Gasteiger partial charge < -0.3 is 14.6 Å². The first-order valence-electron chi connectivity index (χ1n) is 9.51. The Hall–Kier alpha value is -4.08. The van der Waals surface area contributed by atoms with Gasteiger partial charge >= 0.3 is 0 Å². The van der Waals surface area contributed by atoms with E-state index in [0.29, 0.717) is 28.2 Å². The molecule has 3 aromatic rings. The van der Waals surface area contributed by atoms with Gasteiger partial charge in [0.2, 0.25) is 0 Å². The molecular weight excluding hydrogens is 392 g/mol. The van der Waals surface area contributed by atoms with Crippen LogP contribution in [-0.2, 0) is 10.4 Å². The number of hydrazone groups is 1. The highest BCUT2D eigenvalue weighted by Crippen LogP contribution is 2.30. The molecule has 0 radical (unpaired) electrons. The lowest BCUT2D eigenvalue weighted by Gasteiger charge is -2.27. The van der Waals surface area contributed by atoms with Crippen molar-refractivity contribution in [3.05, 3.63) is 95.6 Å². The van der Waals surface area contributed by atoms with E-state index in [0.717, 1.165) is 0 Å². The molecule has 0 bridgehead atoms. The molecule has 3 rings (SSSR count). The molecule has 3 aromatic carbocycles. The minimum atomic E-state index is -1.90. The first-order chi connectivity index (χ1) is 15.1. The minimum Gasteiger partial charge on any atom is -0.493 e. The van der Waals surface area contributed by atoms with E-state index in [1.54, 1.807) is 66.7 Å². The van der Waals surface area contributed by atoms with Crippen LogP contribution in [0.2, 0.25) is 0 Å². The first kappa shape index (κ1) is 21.6. The van der Waals surface area contributed by atoms with Crippen LogP contribution in [0.15, 0.2) is 84.0 Å². The maximum atomic E-state index is 13.0. The maximum Gasteiger partial charge on any atom is 0.281 e. The SMILES string of the molecule is C#CCOc1ccc(/C=N/NC(=O)C(O)(c2ccccc2)c2ccccc2)cc1OC. The number of hydrogen-bond acceptors (Lipinski definition) is 5. The molecule has 6 nitrogen and oxygen atoms in total. The lowest BCUT2D eigenvalue weighted by molar-refractivity contribution is -0.136. The Bertz CT molecular complexity index is 1050. The average Bonchev–Trinajstić information content (AvgIpc) is 2.83. The second kappa shape index (κ2) is 10.1. The lowest BCUT2D eigenvalue weighted by atomic mass is 9.85. The Morgan fingerprint density at radius 3 is 2.23 bits per heavy atom. The quantitative estimate of drug-likeness (QED) is 0.337. The smallest absolute Gasteiger partial charge is 0.281 e. The molecule has 2 N–H and O–H groups in total. The van der Waals surface area contributed by atoms with Crippen LogP contribution in [0.3, 0.4) is 0 Å². The summed E-state index contributed by atoms with van der Waals surface area (Å²) in [5, 5.41) is 15.4. The van der Waals surface area contributed by atoms with Crippen LogP contribution in [0.5, 0.6) is 11.5 Å². The second-order valence-electron chi connectivity index (χ2n) is 6.54. The summed E-state index contributed by atoms with van der Waals surface area (Å²) in [7, 11) is 1.51. The Kier molecular flexibility index (Phi) is 7.05. The van der Waals surface area contributed by atoms with E-state index >= 15 is 0 Å². The molecule has 6 heteroatoms. The van der Waals surface area contributed by atoms with Crippen molar-refractivity contribution in [1.82, 2.24) is 5.43 Å². The van der Waals surface area contributed by atoms with E-state index in [9.17, 15) is 9.90 Å². The van der Waals surface area contributed by atoms with Gasteiger partial charge in [-0.1, -0.05) is 66.6 Å². The molecule has 0 aliphatic heterocycles. The first-order valence-corrected chi connectivity index (χ1v) is 9.51. The van der Waals surface area contributed by atoms with Crippen LogP contribution in [0.1, 0.15) is 16.7 Å². The third-order valence-corrected chi connectivity index (χ3v) is 4.59. The van der Waals surface area contributed by atoms with Gasteiger partial charge in [-0.05, 0) is 34.9 Å². The van der Waals surface area contributed by atoms with Gasteiger partial charge in [0, 0.05) is 0 Å². The fourth-order valence-corrected chi connectivity index (χ4v) is 3.04. The van der Waals surface area contributed by atoms with Gasteiger partial charge in [0.25, 0.3) is 5.91 Å². The van der Waals surface area contributed by atoms with Gasteiger partial charge in [0.1, 0.15) is 6.61 Å². The number of carbonyl (C=O) groups excluding carboxylic acids is 1. The topological polar surface area (TPSA) is 80.2 Å². The molecular formula is C25H22N2O4. The van der Waals surface area contributed by atoms with Crippen molar-refractivity contribution < 1.29 is 19.4 Å². The van der Waals surface area contributed by atoms with E-state index in [-0.39, 0.29) is 6.61 Å². The average molecular weight is 414 g/mol. The summed E-state index contributed by atoms with van der Waals surface area (Å²) in [6, 6.07) is 22.6. The van der Waals surface area contributed by atoms with Crippen LogP contribution in [0.4, 0.5) is 0 Å². The number of nitrogens with one attached hydrogen (secondary N) is 1. The summed E-state index contributed by atoms with van der Waals surface area (Å²) in [4.78, 5) is 13.0. The Morgan fingerprint density at radius 1 is 1.06 bits per heavy atom. The van der Waals surface area contributed by atoms with Crippen LogP contribution >= 0.6 is 0 Å². The van der Waals surface area contributed by atoms with Crippen LogP contribution in [0.25, 0.3) is 0 Å². The predicted molar refractivity (Wildman–Crippen MR) is 119 cm³/mol.